The first-order valence-electron chi connectivity index (χ1n) is 5.29. The van der Waals surface area contributed by atoms with Crippen LogP contribution in [-0.4, -0.2) is 51.7 Å². The molecule has 3 fully saturated rings. The minimum absolute atomic E-state index is 0.0192. The molecule has 3 unspecified atom stereocenters. The van der Waals surface area contributed by atoms with Crippen molar-refractivity contribution in [3.63, 3.8) is 0 Å². The molecule has 3 rings (SSSR count). The Bertz CT molecular complexity index is 299. The third-order valence-corrected chi connectivity index (χ3v) is 4.25. The lowest BCUT2D eigenvalue weighted by molar-refractivity contribution is -0.446. The number of rotatable bonds is 3. The Balaban J connectivity index is 1.89. The predicted molar refractivity (Wildman–Crippen MR) is 52.5 cm³/mol. The molecule has 3 aliphatic rings. The largest absolute Gasteiger partial charge is 0.379 e. The topological polar surface area (TPSA) is 36.9 Å². The van der Waals surface area contributed by atoms with Crippen LogP contribution in [-0.2, 0) is 18.9 Å². The summed E-state index contributed by atoms with van der Waals surface area (Å²) in [4.78, 5) is 0. The molecule has 6 atom stereocenters. The molecule has 4 nitrogen and oxygen atoms in total. The van der Waals surface area contributed by atoms with Crippen LogP contribution in [0.5, 0.6) is 0 Å². The van der Waals surface area contributed by atoms with Gasteiger partial charge in [0.2, 0.25) is 0 Å². The van der Waals surface area contributed by atoms with E-state index < -0.39 is 5.79 Å². The van der Waals surface area contributed by atoms with Crippen molar-refractivity contribution in [2.24, 2.45) is 5.92 Å². The van der Waals surface area contributed by atoms with Crippen molar-refractivity contribution in [1.82, 2.24) is 0 Å². The third-order valence-electron chi connectivity index (χ3n) is 4.25. The Morgan fingerprint density at radius 1 is 1.40 bits per heavy atom. The van der Waals surface area contributed by atoms with Crippen molar-refractivity contribution in [3.8, 4) is 0 Å². The Hall–Kier alpha value is -0.0951. The van der Waals surface area contributed by atoms with Crippen molar-refractivity contribution < 1.29 is 18.9 Å². The van der Waals surface area contributed by atoms with Gasteiger partial charge >= 0.3 is 0 Å². The van der Waals surface area contributed by atoms with Crippen LogP contribution in [0.15, 0.2) is 0 Å². The Kier molecular flexibility index (Phi) is 1.86. The molecule has 0 bridgehead atoms. The van der Waals surface area contributed by atoms with Crippen LogP contribution in [0.4, 0.5) is 0 Å². The second kappa shape index (κ2) is 2.77. The van der Waals surface area contributed by atoms with E-state index in [1.807, 2.05) is 6.92 Å². The van der Waals surface area contributed by atoms with Crippen LogP contribution in [0, 0.1) is 5.92 Å². The molecule has 82 valence electrons. The number of hydrogen-bond acceptors (Lipinski definition) is 4. The van der Waals surface area contributed by atoms with E-state index in [1.165, 1.54) is 0 Å². The maximum Gasteiger partial charge on any atom is 0.179 e. The third kappa shape index (κ3) is 0.896. The average Bonchev–Trinajstić information content (AvgIpc) is 2.34. The standard InChI is InChI=1S/C10H15BO4/c1-5(12-2)9-4-10(13-3)7(9)6(14-10)8(11)15-9/h5-8H,4H2,1-3H3/t5?,6?,7?,8-,9-,10-/m1/s1. The summed E-state index contributed by atoms with van der Waals surface area (Å²) >= 11 is 0. The van der Waals surface area contributed by atoms with Gasteiger partial charge in [-0.3, -0.25) is 0 Å². The lowest BCUT2D eigenvalue weighted by Crippen LogP contribution is -2.79. The molecule has 2 saturated heterocycles. The summed E-state index contributed by atoms with van der Waals surface area (Å²) < 4.78 is 22.3. The van der Waals surface area contributed by atoms with E-state index in [0.29, 0.717) is 6.42 Å². The zero-order valence-electron chi connectivity index (χ0n) is 9.23. The van der Waals surface area contributed by atoms with Crippen molar-refractivity contribution in [1.29, 1.82) is 0 Å². The van der Waals surface area contributed by atoms with Gasteiger partial charge in [-0.1, -0.05) is 0 Å². The van der Waals surface area contributed by atoms with Crippen LogP contribution in [0.25, 0.3) is 0 Å². The van der Waals surface area contributed by atoms with Crippen LogP contribution in [0.3, 0.4) is 0 Å². The summed E-state index contributed by atoms with van der Waals surface area (Å²) in [6, 6.07) is -0.349. The summed E-state index contributed by atoms with van der Waals surface area (Å²) in [6.45, 7) is 2.01. The van der Waals surface area contributed by atoms with E-state index in [1.54, 1.807) is 14.2 Å². The molecule has 0 N–H and O–H groups in total. The fourth-order valence-corrected chi connectivity index (χ4v) is 3.35. The summed E-state index contributed by atoms with van der Waals surface area (Å²) in [5.74, 6) is -0.231. The molecule has 2 aliphatic heterocycles. The van der Waals surface area contributed by atoms with Gasteiger partial charge in [-0.2, -0.15) is 0 Å². The van der Waals surface area contributed by atoms with E-state index in [-0.39, 0.29) is 29.7 Å². The monoisotopic (exact) mass is 210 g/mol. The van der Waals surface area contributed by atoms with Crippen molar-refractivity contribution in [2.75, 3.05) is 14.2 Å². The Morgan fingerprint density at radius 2 is 2.13 bits per heavy atom. The average molecular weight is 210 g/mol. The van der Waals surface area contributed by atoms with Crippen LogP contribution in [0.2, 0.25) is 0 Å². The molecule has 2 heterocycles. The first-order chi connectivity index (χ1) is 7.09. The van der Waals surface area contributed by atoms with Crippen molar-refractivity contribution >= 4 is 7.85 Å². The fraction of sp³-hybridized carbons (Fsp3) is 1.00. The second-order valence-electron chi connectivity index (χ2n) is 4.67. The molecule has 15 heavy (non-hydrogen) atoms. The molecular formula is C10H15BO4. The van der Waals surface area contributed by atoms with E-state index in [9.17, 15) is 0 Å². The highest BCUT2D eigenvalue weighted by Crippen LogP contribution is 2.68. The molecule has 1 aliphatic carbocycles. The zero-order chi connectivity index (χ0) is 10.8. The minimum atomic E-state index is -0.453. The Labute approximate surface area is 90.6 Å². The molecule has 0 aromatic carbocycles. The molecule has 0 aromatic rings. The summed E-state index contributed by atoms with van der Waals surface area (Å²) in [5, 5.41) is 0. The summed E-state index contributed by atoms with van der Waals surface area (Å²) in [5.41, 5.74) is -0.299. The fourth-order valence-electron chi connectivity index (χ4n) is 3.35. The predicted octanol–water partition coefficient (Wildman–Crippen LogP) is 0.0463. The number of methoxy groups -OCH3 is 2. The van der Waals surface area contributed by atoms with Gasteiger partial charge in [-0.15, -0.1) is 0 Å². The lowest BCUT2D eigenvalue weighted by atomic mass is 9.56. The van der Waals surface area contributed by atoms with Gasteiger partial charge in [0.1, 0.15) is 13.4 Å². The maximum atomic E-state index is 5.87. The van der Waals surface area contributed by atoms with Gasteiger partial charge in [0.15, 0.2) is 5.79 Å². The Morgan fingerprint density at radius 3 is 2.73 bits per heavy atom. The van der Waals surface area contributed by atoms with Crippen LogP contribution < -0.4 is 0 Å². The van der Waals surface area contributed by atoms with E-state index >= 15 is 0 Å². The maximum absolute atomic E-state index is 5.87. The minimum Gasteiger partial charge on any atom is -0.379 e. The molecule has 1 saturated carbocycles. The highest BCUT2D eigenvalue weighted by molar-refractivity contribution is 6.12. The van der Waals surface area contributed by atoms with Gasteiger partial charge in [-0.05, 0) is 6.92 Å². The first kappa shape index (κ1) is 10.1. The van der Waals surface area contributed by atoms with E-state index in [0.717, 1.165) is 0 Å². The van der Waals surface area contributed by atoms with Crippen molar-refractivity contribution in [3.05, 3.63) is 0 Å². The highest BCUT2D eigenvalue weighted by Gasteiger charge is 2.82. The summed E-state index contributed by atoms with van der Waals surface area (Å²) in [7, 11) is 9.23. The molecule has 0 spiro atoms. The normalized spacial score (nSPS) is 57.9. The summed E-state index contributed by atoms with van der Waals surface area (Å²) in [6.07, 6.45) is 0.697. The second-order valence-corrected chi connectivity index (χ2v) is 4.67. The number of ether oxygens (including phenoxy) is 4. The number of hydrogen-bond donors (Lipinski definition) is 0. The van der Waals surface area contributed by atoms with Gasteiger partial charge in [0, 0.05) is 26.6 Å². The molecule has 0 amide bonds. The van der Waals surface area contributed by atoms with Gasteiger partial charge < -0.3 is 18.9 Å². The lowest BCUT2D eigenvalue weighted by Gasteiger charge is -2.66. The van der Waals surface area contributed by atoms with Crippen molar-refractivity contribution in [2.45, 2.75) is 42.9 Å². The van der Waals surface area contributed by atoms with E-state index in [2.05, 4.69) is 0 Å². The van der Waals surface area contributed by atoms with Gasteiger partial charge in [0.05, 0.1) is 18.1 Å². The quantitative estimate of drug-likeness (QED) is 0.616. The molecule has 0 aromatic heterocycles. The molecule has 5 heteroatoms. The zero-order valence-corrected chi connectivity index (χ0v) is 9.23. The first-order valence-corrected chi connectivity index (χ1v) is 5.29. The van der Waals surface area contributed by atoms with Gasteiger partial charge in [0.25, 0.3) is 0 Å². The smallest absolute Gasteiger partial charge is 0.179 e. The highest BCUT2D eigenvalue weighted by atomic mass is 16.8. The van der Waals surface area contributed by atoms with Crippen LogP contribution in [0.1, 0.15) is 13.3 Å². The van der Waals surface area contributed by atoms with Gasteiger partial charge in [-0.25, -0.2) is 0 Å². The van der Waals surface area contributed by atoms with E-state index in [4.69, 9.17) is 26.8 Å². The SMILES string of the molecule is [B][C@@H]1O[C@@]2(C(C)OC)C[C@@]3(OC)OC1C32. The molecule has 2 radical (unpaired) electrons. The molecular weight excluding hydrogens is 195 g/mol. The van der Waals surface area contributed by atoms with Crippen LogP contribution >= 0.6 is 0 Å².